The molecule has 0 spiro atoms. The highest BCUT2D eigenvalue weighted by Crippen LogP contribution is 2.24. The molecule has 0 aliphatic heterocycles. The molecule has 20 heavy (non-hydrogen) atoms. The van der Waals surface area contributed by atoms with Gasteiger partial charge in [0.2, 0.25) is 0 Å². The quantitative estimate of drug-likeness (QED) is 0.823. The Kier molecular flexibility index (Phi) is 5.73. The van der Waals surface area contributed by atoms with Gasteiger partial charge in [-0.15, -0.1) is 0 Å². The lowest BCUT2D eigenvalue weighted by molar-refractivity contribution is 0.148. The van der Waals surface area contributed by atoms with E-state index >= 15 is 0 Å². The number of methoxy groups -OCH3 is 1. The van der Waals surface area contributed by atoms with Crippen molar-refractivity contribution in [3.63, 3.8) is 0 Å². The second kappa shape index (κ2) is 7.55. The number of aromatic nitrogens is 1. The number of hydrogen-bond donors (Lipinski definition) is 2. The molecule has 0 bridgehead atoms. The maximum absolute atomic E-state index is 9.04. The Bertz CT molecular complexity index is 557. The first kappa shape index (κ1) is 15.2. The van der Waals surface area contributed by atoms with Crippen LogP contribution in [0.4, 0.5) is 0 Å². The maximum Gasteiger partial charge on any atom is 0.0761 e. The van der Waals surface area contributed by atoms with Gasteiger partial charge in [-0.3, -0.25) is 4.98 Å². The van der Waals surface area contributed by atoms with E-state index in [1.807, 2.05) is 24.3 Å². The Labute approximate surface area is 123 Å². The fraction of sp³-hybridized carbons (Fsp3) is 0.400. The van der Waals surface area contributed by atoms with Crippen molar-refractivity contribution in [3.05, 3.63) is 41.0 Å². The van der Waals surface area contributed by atoms with Crippen LogP contribution in [0, 0.1) is 0 Å². The highest BCUT2D eigenvalue weighted by molar-refractivity contribution is 6.35. The van der Waals surface area contributed by atoms with E-state index in [4.69, 9.17) is 21.4 Å². The van der Waals surface area contributed by atoms with Gasteiger partial charge < -0.3 is 15.2 Å². The summed E-state index contributed by atoms with van der Waals surface area (Å²) in [6.45, 7) is 1.37. The molecule has 0 amide bonds. The molecule has 0 saturated carbocycles. The first-order chi connectivity index (χ1) is 9.76. The number of aliphatic hydroxyl groups is 1. The minimum absolute atomic E-state index is 0.124. The Hall–Kier alpha value is -1.20. The smallest absolute Gasteiger partial charge is 0.0761 e. The molecule has 108 valence electrons. The van der Waals surface area contributed by atoms with E-state index < -0.39 is 0 Å². The number of hydrogen-bond acceptors (Lipinski definition) is 4. The summed E-state index contributed by atoms with van der Waals surface area (Å²) >= 11 is 6.18. The summed E-state index contributed by atoms with van der Waals surface area (Å²) in [4.78, 5) is 4.41. The molecule has 2 aromatic rings. The lowest BCUT2D eigenvalue weighted by atomic mass is 10.1. The summed E-state index contributed by atoms with van der Waals surface area (Å²) in [7, 11) is 1.66. The van der Waals surface area contributed by atoms with Gasteiger partial charge in [-0.1, -0.05) is 17.7 Å². The van der Waals surface area contributed by atoms with E-state index in [0.29, 0.717) is 24.6 Å². The number of ether oxygens (including phenoxy) is 1. The Morgan fingerprint density at radius 1 is 1.40 bits per heavy atom. The monoisotopic (exact) mass is 294 g/mol. The van der Waals surface area contributed by atoms with Gasteiger partial charge in [0.15, 0.2) is 0 Å². The summed E-state index contributed by atoms with van der Waals surface area (Å²) < 4.78 is 5.14. The van der Waals surface area contributed by atoms with E-state index in [1.54, 1.807) is 13.3 Å². The summed E-state index contributed by atoms with van der Waals surface area (Å²) in [5.41, 5.74) is 2.00. The SMILES string of the molecule is COCC(CCO)NCc1ccc(Cl)c2cccnc12. The molecule has 0 aliphatic carbocycles. The zero-order chi connectivity index (χ0) is 14.4. The number of benzene rings is 1. The van der Waals surface area contributed by atoms with Crippen LogP contribution in [0.2, 0.25) is 5.02 Å². The summed E-state index contributed by atoms with van der Waals surface area (Å²) in [5, 5.41) is 14.1. The van der Waals surface area contributed by atoms with E-state index in [0.717, 1.165) is 16.5 Å². The molecular formula is C15H19ClN2O2. The van der Waals surface area contributed by atoms with Crippen molar-refractivity contribution in [1.29, 1.82) is 0 Å². The van der Waals surface area contributed by atoms with Crippen molar-refractivity contribution in [3.8, 4) is 0 Å². The van der Waals surface area contributed by atoms with Gasteiger partial charge in [0.1, 0.15) is 0 Å². The molecule has 1 heterocycles. The summed E-state index contributed by atoms with van der Waals surface area (Å²) in [6.07, 6.45) is 2.43. The molecule has 4 nitrogen and oxygen atoms in total. The Morgan fingerprint density at radius 3 is 3.00 bits per heavy atom. The third kappa shape index (κ3) is 3.67. The zero-order valence-electron chi connectivity index (χ0n) is 11.5. The van der Waals surface area contributed by atoms with E-state index in [1.165, 1.54) is 0 Å². The van der Waals surface area contributed by atoms with E-state index in [2.05, 4.69) is 10.3 Å². The van der Waals surface area contributed by atoms with Crippen molar-refractivity contribution in [1.82, 2.24) is 10.3 Å². The lowest BCUT2D eigenvalue weighted by Gasteiger charge is -2.17. The van der Waals surface area contributed by atoms with Crippen LogP contribution in [0.5, 0.6) is 0 Å². The van der Waals surface area contributed by atoms with Crippen LogP contribution in [0.1, 0.15) is 12.0 Å². The maximum atomic E-state index is 9.04. The summed E-state index contributed by atoms with van der Waals surface area (Å²) in [5.74, 6) is 0. The van der Waals surface area contributed by atoms with Gasteiger partial charge in [-0.2, -0.15) is 0 Å². The van der Waals surface area contributed by atoms with Crippen molar-refractivity contribution in [2.45, 2.75) is 19.0 Å². The Balaban J connectivity index is 2.15. The third-order valence-electron chi connectivity index (χ3n) is 3.23. The van der Waals surface area contributed by atoms with Crippen molar-refractivity contribution < 1.29 is 9.84 Å². The number of nitrogens with one attached hydrogen (secondary N) is 1. The average Bonchev–Trinajstić information content (AvgIpc) is 2.47. The molecule has 0 fully saturated rings. The van der Waals surface area contributed by atoms with Gasteiger partial charge in [-0.05, 0) is 30.2 Å². The Morgan fingerprint density at radius 2 is 2.25 bits per heavy atom. The second-order valence-corrected chi connectivity index (χ2v) is 5.06. The fourth-order valence-corrected chi connectivity index (χ4v) is 2.41. The zero-order valence-corrected chi connectivity index (χ0v) is 12.2. The number of aliphatic hydroxyl groups excluding tert-OH is 1. The van der Waals surface area contributed by atoms with Crippen LogP contribution < -0.4 is 5.32 Å². The van der Waals surface area contributed by atoms with E-state index in [9.17, 15) is 0 Å². The van der Waals surface area contributed by atoms with Crippen molar-refractivity contribution in [2.75, 3.05) is 20.3 Å². The van der Waals surface area contributed by atoms with Crippen LogP contribution in [-0.4, -0.2) is 36.5 Å². The highest BCUT2D eigenvalue weighted by Gasteiger charge is 2.10. The minimum atomic E-state index is 0.124. The van der Waals surface area contributed by atoms with Gasteiger partial charge >= 0.3 is 0 Å². The molecule has 0 aliphatic rings. The molecule has 5 heteroatoms. The van der Waals surface area contributed by atoms with Crippen molar-refractivity contribution >= 4 is 22.5 Å². The molecule has 1 aromatic heterocycles. The van der Waals surface area contributed by atoms with Crippen LogP contribution in [0.25, 0.3) is 10.9 Å². The first-order valence-corrected chi connectivity index (χ1v) is 6.99. The number of fused-ring (bicyclic) bond motifs is 1. The predicted molar refractivity (Wildman–Crippen MR) is 81.0 cm³/mol. The number of pyridine rings is 1. The predicted octanol–water partition coefficient (Wildman–Crippen LogP) is 2.38. The van der Waals surface area contributed by atoms with Crippen molar-refractivity contribution in [2.24, 2.45) is 0 Å². The first-order valence-electron chi connectivity index (χ1n) is 6.61. The van der Waals surface area contributed by atoms with Crippen LogP contribution in [0.15, 0.2) is 30.5 Å². The highest BCUT2D eigenvalue weighted by atomic mass is 35.5. The summed E-state index contributed by atoms with van der Waals surface area (Å²) in [6, 6.07) is 7.84. The van der Waals surface area contributed by atoms with Crippen LogP contribution in [0.3, 0.4) is 0 Å². The van der Waals surface area contributed by atoms with Gasteiger partial charge in [0, 0.05) is 42.9 Å². The molecule has 1 unspecified atom stereocenters. The molecule has 0 radical (unpaired) electrons. The molecule has 2 rings (SSSR count). The fourth-order valence-electron chi connectivity index (χ4n) is 2.19. The number of rotatable bonds is 7. The molecule has 1 atom stereocenters. The molecule has 2 N–H and O–H groups in total. The minimum Gasteiger partial charge on any atom is -0.396 e. The standard InChI is InChI=1S/C15H19ClN2O2/c1-20-10-12(6-8-19)18-9-11-4-5-14(16)13-3-2-7-17-15(11)13/h2-5,7,12,18-19H,6,8-10H2,1H3. The number of halogens is 1. The second-order valence-electron chi connectivity index (χ2n) is 4.65. The lowest BCUT2D eigenvalue weighted by Crippen LogP contribution is -2.33. The molecular weight excluding hydrogens is 276 g/mol. The van der Waals surface area contributed by atoms with Gasteiger partial charge in [0.05, 0.1) is 12.1 Å². The van der Waals surface area contributed by atoms with Crippen LogP contribution >= 0.6 is 11.6 Å². The van der Waals surface area contributed by atoms with Gasteiger partial charge in [0.25, 0.3) is 0 Å². The average molecular weight is 295 g/mol. The van der Waals surface area contributed by atoms with Crippen LogP contribution in [-0.2, 0) is 11.3 Å². The van der Waals surface area contributed by atoms with Gasteiger partial charge in [-0.25, -0.2) is 0 Å². The topological polar surface area (TPSA) is 54.4 Å². The van der Waals surface area contributed by atoms with E-state index in [-0.39, 0.29) is 12.6 Å². The number of nitrogens with zero attached hydrogens (tertiary/aromatic N) is 1. The normalized spacial score (nSPS) is 12.8. The third-order valence-corrected chi connectivity index (χ3v) is 3.56. The largest absolute Gasteiger partial charge is 0.396 e. The molecule has 0 saturated heterocycles. The molecule has 1 aromatic carbocycles.